The van der Waals surface area contributed by atoms with E-state index >= 15 is 0 Å². The molecule has 0 aliphatic carbocycles. The van der Waals surface area contributed by atoms with E-state index in [0.29, 0.717) is 0 Å². The molecule has 9 heavy (non-hydrogen) atoms. The van der Waals surface area contributed by atoms with E-state index in [1.807, 2.05) is 0 Å². The predicted octanol–water partition coefficient (Wildman–Crippen LogP) is -0.979. The summed E-state index contributed by atoms with van der Waals surface area (Å²) in [6.07, 6.45) is -3.17. The van der Waals surface area contributed by atoms with Crippen LogP contribution in [-0.4, -0.2) is 33.0 Å². The zero-order valence-electron chi connectivity index (χ0n) is 4.24. The molecule has 0 fully saturated rings. The summed E-state index contributed by atoms with van der Waals surface area (Å²) in [5.74, 6) is 0. The molecule has 7 heteroatoms. The Hall–Kier alpha value is -1.50. The highest BCUT2D eigenvalue weighted by Crippen LogP contribution is 1.42. The van der Waals surface area contributed by atoms with Gasteiger partial charge in [-0.15, -0.1) is 0 Å². The second-order valence-corrected chi connectivity index (χ2v) is 0.621. The van der Waals surface area contributed by atoms with Gasteiger partial charge in [-0.05, 0) is 0 Å². The van der Waals surface area contributed by atoms with Gasteiger partial charge >= 0.3 is 12.2 Å². The minimum atomic E-state index is -1.83. The number of carbonyl (C=O) groups is 2. The van der Waals surface area contributed by atoms with Gasteiger partial charge in [0, 0.05) is 0 Å². The van der Waals surface area contributed by atoms with Crippen LogP contribution in [0.3, 0.4) is 0 Å². The molecule has 0 heterocycles. The van der Waals surface area contributed by atoms with Gasteiger partial charge in [0.15, 0.2) is 0 Å². The van der Waals surface area contributed by atoms with E-state index in [1.54, 1.807) is 0 Å². The molecule has 7 nitrogen and oxygen atoms in total. The second-order valence-electron chi connectivity index (χ2n) is 0.621. The molecule has 56 valence electrons. The number of hydrogen-bond acceptors (Lipinski definition) is 2. The highest BCUT2D eigenvalue weighted by atomic mass is 16.6. The summed E-state index contributed by atoms with van der Waals surface area (Å²) in [4.78, 5) is 17.3. The van der Waals surface area contributed by atoms with E-state index in [0.717, 1.165) is 0 Å². The first-order valence-electron chi connectivity index (χ1n) is 1.37. The van der Waals surface area contributed by atoms with Gasteiger partial charge in [0.1, 0.15) is 0 Å². The fourth-order valence-electron chi connectivity index (χ4n) is 0. The summed E-state index contributed by atoms with van der Waals surface area (Å²) in [5, 5.41) is 21.1. The first kappa shape index (κ1) is 15.6. The molecule has 0 aromatic heterocycles. The van der Waals surface area contributed by atoms with Crippen molar-refractivity contribution in [2.24, 2.45) is 5.73 Å². The predicted molar refractivity (Wildman–Crippen MR) is 26.5 cm³/mol. The lowest BCUT2D eigenvalue weighted by Gasteiger charge is -1.61. The maximum absolute atomic E-state index is 8.78. The summed E-state index contributed by atoms with van der Waals surface area (Å²) in [6, 6.07) is 0. The lowest BCUT2D eigenvalue weighted by Crippen LogP contribution is -2.03. The first-order valence-corrected chi connectivity index (χ1v) is 1.37. The van der Waals surface area contributed by atoms with Crippen LogP contribution < -0.4 is 5.73 Å². The van der Waals surface area contributed by atoms with Crippen molar-refractivity contribution in [3.8, 4) is 0 Å². The minimum absolute atomic E-state index is 0. The highest BCUT2D eigenvalue weighted by Gasteiger charge is 1.70. The van der Waals surface area contributed by atoms with Gasteiger partial charge in [-0.1, -0.05) is 0 Å². The van der Waals surface area contributed by atoms with Gasteiger partial charge in [0.2, 0.25) is 0 Å². The molecule has 0 atom stereocenters. The van der Waals surface area contributed by atoms with Crippen LogP contribution >= 0.6 is 0 Å². The number of carboxylic acid groups (broad SMARTS) is 3. The van der Waals surface area contributed by atoms with Gasteiger partial charge in [0.05, 0.1) is 0 Å². The van der Waals surface area contributed by atoms with Crippen molar-refractivity contribution >= 4 is 12.2 Å². The zero-order valence-corrected chi connectivity index (χ0v) is 4.24. The lowest BCUT2D eigenvalue weighted by molar-refractivity contribution is 0.137. The number of amides is 1. The highest BCUT2D eigenvalue weighted by molar-refractivity contribution is 5.61. The van der Waals surface area contributed by atoms with E-state index in [2.05, 4.69) is 5.73 Å². The van der Waals surface area contributed by atoms with Gasteiger partial charge < -0.3 is 26.5 Å². The van der Waals surface area contributed by atoms with Crippen LogP contribution in [0.5, 0.6) is 0 Å². The molecule has 0 aromatic carbocycles. The molecule has 0 aliphatic rings. The van der Waals surface area contributed by atoms with Crippen LogP contribution in [0, 0.1) is 0 Å². The Labute approximate surface area is 49.6 Å². The molecule has 7 N–H and O–H groups in total. The number of primary amides is 1. The van der Waals surface area contributed by atoms with Crippen molar-refractivity contribution in [2.75, 3.05) is 0 Å². The number of nitrogens with two attached hydrogens (primary N) is 1. The van der Waals surface area contributed by atoms with Crippen LogP contribution in [-0.2, 0) is 0 Å². The summed E-state index contributed by atoms with van der Waals surface area (Å²) in [6.45, 7) is 0. The van der Waals surface area contributed by atoms with Gasteiger partial charge in [-0.3, -0.25) is 0 Å². The van der Waals surface area contributed by atoms with E-state index in [-0.39, 0.29) is 5.48 Å². The van der Waals surface area contributed by atoms with Gasteiger partial charge in [-0.2, -0.15) is 0 Å². The maximum atomic E-state index is 8.78. The normalized spacial score (nSPS) is 5.33. The van der Waals surface area contributed by atoms with Crippen molar-refractivity contribution in [2.45, 2.75) is 0 Å². The van der Waals surface area contributed by atoms with Crippen LogP contribution in [0.15, 0.2) is 0 Å². The summed E-state index contributed by atoms with van der Waals surface area (Å²) in [7, 11) is 0. The van der Waals surface area contributed by atoms with Crippen LogP contribution in [0.1, 0.15) is 0 Å². The van der Waals surface area contributed by atoms with Gasteiger partial charge in [0.25, 0.3) is 0 Å². The molecule has 0 bridgehead atoms. The third-order valence-electron chi connectivity index (χ3n) is 0. The van der Waals surface area contributed by atoms with Crippen molar-refractivity contribution in [1.82, 2.24) is 0 Å². The molecular formula is C2H7NO6. The SMILES string of the molecule is NC(=O)O.O.O=C(O)O. The van der Waals surface area contributed by atoms with Crippen molar-refractivity contribution in [1.29, 1.82) is 0 Å². The molecule has 1 amide bonds. The molecule has 0 saturated heterocycles. The monoisotopic (exact) mass is 141 g/mol. The Morgan fingerprint density at radius 3 is 1.11 bits per heavy atom. The molecule has 0 rings (SSSR count). The zero-order chi connectivity index (χ0) is 7.15. The molecule has 0 saturated carbocycles. The summed E-state index contributed by atoms with van der Waals surface area (Å²) < 4.78 is 0. The average molecular weight is 141 g/mol. The van der Waals surface area contributed by atoms with Crippen molar-refractivity contribution < 1.29 is 30.4 Å². The third kappa shape index (κ3) is 58.5. The van der Waals surface area contributed by atoms with E-state index in [1.165, 1.54) is 0 Å². The van der Waals surface area contributed by atoms with E-state index < -0.39 is 12.2 Å². The smallest absolute Gasteiger partial charge is 0.465 e. The van der Waals surface area contributed by atoms with Crippen molar-refractivity contribution in [3.05, 3.63) is 0 Å². The molecule has 0 aromatic rings. The van der Waals surface area contributed by atoms with E-state index in [9.17, 15) is 0 Å². The second kappa shape index (κ2) is 9.71. The quantitative estimate of drug-likeness (QED) is 0.341. The fraction of sp³-hybridized carbons (Fsp3) is 0. The fourth-order valence-corrected chi connectivity index (χ4v) is 0. The molecule has 0 radical (unpaired) electrons. The Kier molecular flexibility index (Phi) is 16.9. The topological polar surface area (TPSA) is 152 Å². The van der Waals surface area contributed by atoms with Crippen LogP contribution in [0.25, 0.3) is 0 Å². The van der Waals surface area contributed by atoms with Crippen LogP contribution in [0.4, 0.5) is 9.59 Å². The number of rotatable bonds is 0. The Morgan fingerprint density at radius 2 is 1.11 bits per heavy atom. The first-order chi connectivity index (χ1) is 3.46. The summed E-state index contributed by atoms with van der Waals surface area (Å²) >= 11 is 0. The lowest BCUT2D eigenvalue weighted by atomic mass is 11.3. The van der Waals surface area contributed by atoms with Crippen LogP contribution in [0.2, 0.25) is 0 Å². The summed E-state index contributed by atoms with van der Waals surface area (Å²) in [5.41, 5.74) is 4.03. The Bertz CT molecular complexity index is 69.1. The maximum Gasteiger partial charge on any atom is 0.503 e. The Morgan fingerprint density at radius 1 is 1.11 bits per heavy atom. The third-order valence-corrected chi connectivity index (χ3v) is 0. The molecule has 0 unspecified atom stereocenters. The largest absolute Gasteiger partial charge is 0.503 e. The molecular weight excluding hydrogens is 134 g/mol. The Balaban J connectivity index is -0.0000000720. The average Bonchev–Trinajstić information content (AvgIpc) is 1.25. The van der Waals surface area contributed by atoms with Crippen molar-refractivity contribution in [3.63, 3.8) is 0 Å². The molecule has 0 spiro atoms. The molecule has 0 aliphatic heterocycles. The van der Waals surface area contributed by atoms with E-state index in [4.69, 9.17) is 24.9 Å². The van der Waals surface area contributed by atoms with Gasteiger partial charge in [-0.25, -0.2) is 9.59 Å². The minimum Gasteiger partial charge on any atom is -0.465 e. The number of hydrogen-bond donors (Lipinski definition) is 4. The standard InChI is InChI=1S/CH3NO2.CH2O3.H2O/c2*2-1(3)4;/h2H2,(H,3,4);(H2,2,3,4);1H2.